The molecule has 0 aliphatic rings. The van der Waals surface area contributed by atoms with E-state index < -0.39 is 0 Å². The molecule has 0 saturated heterocycles. The average molecular weight is 214 g/mol. The Morgan fingerprint density at radius 2 is 1.88 bits per heavy atom. The lowest BCUT2D eigenvalue weighted by Crippen LogP contribution is -2.25. The number of hydrogen-bond acceptors (Lipinski definition) is 2. The van der Waals surface area contributed by atoms with Crippen LogP contribution >= 0.6 is 0 Å². The van der Waals surface area contributed by atoms with Gasteiger partial charge in [-0.05, 0) is 18.2 Å². The number of amides is 1. The van der Waals surface area contributed by atoms with Crippen LogP contribution in [0, 0.1) is 5.21 Å². The van der Waals surface area contributed by atoms with Gasteiger partial charge in [0.25, 0.3) is 5.91 Å². The van der Waals surface area contributed by atoms with Crippen molar-refractivity contribution in [3.05, 3.63) is 65.6 Å². The molecule has 0 spiro atoms. The molecule has 0 radical (unpaired) electrons. The highest BCUT2D eigenvalue weighted by molar-refractivity contribution is 6.04. The Morgan fingerprint density at radius 3 is 2.56 bits per heavy atom. The summed E-state index contributed by atoms with van der Waals surface area (Å²) < 4.78 is 0.639. The summed E-state index contributed by atoms with van der Waals surface area (Å²) in [5.41, 5.74) is 1.04. The molecule has 0 fully saturated rings. The summed E-state index contributed by atoms with van der Waals surface area (Å²) in [5, 5.41) is 13.6. The lowest BCUT2D eigenvalue weighted by molar-refractivity contribution is -0.604. The molecule has 0 aliphatic heterocycles. The van der Waals surface area contributed by atoms with E-state index in [0.717, 1.165) is 0 Å². The Hall–Kier alpha value is -2.36. The normalized spacial score (nSPS) is 9.75. The van der Waals surface area contributed by atoms with Gasteiger partial charge >= 0.3 is 0 Å². The lowest BCUT2D eigenvalue weighted by atomic mass is 10.2. The van der Waals surface area contributed by atoms with Crippen molar-refractivity contribution in [2.75, 3.05) is 5.32 Å². The molecule has 2 rings (SSSR count). The highest BCUT2D eigenvalue weighted by Gasteiger charge is 2.06. The SMILES string of the molecule is O=C(Nc1ccc[n+]([O-])c1)c1ccccc1. The smallest absolute Gasteiger partial charge is 0.255 e. The number of carbonyl (C=O) groups is 1. The summed E-state index contributed by atoms with van der Waals surface area (Å²) >= 11 is 0. The van der Waals surface area contributed by atoms with Crippen molar-refractivity contribution < 1.29 is 9.52 Å². The molecule has 2 aromatic rings. The number of nitrogens with one attached hydrogen (secondary N) is 1. The molecule has 16 heavy (non-hydrogen) atoms. The second kappa shape index (κ2) is 4.44. The molecule has 0 aliphatic carbocycles. The Morgan fingerprint density at radius 1 is 1.12 bits per heavy atom. The van der Waals surface area contributed by atoms with E-state index in [9.17, 15) is 10.0 Å². The topological polar surface area (TPSA) is 56.0 Å². The van der Waals surface area contributed by atoms with Crippen LogP contribution in [0.5, 0.6) is 0 Å². The van der Waals surface area contributed by atoms with Gasteiger partial charge in [-0.25, -0.2) is 0 Å². The standard InChI is InChI=1S/C12H10N2O2/c15-12(10-5-2-1-3-6-10)13-11-7-4-8-14(16)9-11/h1-9H,(H,13,15). The van der Waals surface area contributed by atoms with Crippen LogP contribution in [0.2, 0.25) is 0 Å². The number of aromatic nitrogens is 1. The van der Waals surface area contributed by atoms with E-state index in [2.05, 4.69) is 5.32 Å². The van der Waals surface area contributed by atoms with Crippen LogP contribution in [0.3, 0.4) is 0 Å². The maximum atomic E-state index is 11.7. The van der Waals surface area contributed by atoms with Gasteiger partial charge in [0.1, 0.15) is 5.69 Å². The van der Waals surface area contributed by atoms with Crippen molar-refractivity contribution in [2.45, 2.75) is 0 Å². The molecule has 1 heterocycles. The minimum atomic E-state index is -0.230. The van der Waals surface area contributed by atoms with Crippen LogP contribution < -0.4 is 10.0 Å². The van der Waals surface area contributed by atoms with Crippen LogP contribution in [0.15, 0.2) is 54.9 Å². The average Bonchev–Trinajstić information content (AvgIpc) is 2.30. The van der Waals surface area contributed by atoms with Gasteiger partial charge in [-0.3, -0.25) is 4.79 Å². The second-order valence-electron chi connectivity index (χ2n) is 3.27. The number of hydrogen-bond donors (Lipinski definition) is 1. The molecule has 1 aromatic carbocycles. The molecule has 1 N–H and O–H groups in total. The van der Waals surface area contributed by atoms with E-state index in [1.165, 1.54) is 12.4 Å². The third kappa shape index (κ3) is 2.36. The maximum Gasteiger partial charge on any atom is 0.255 e. The van der Waals surface area contributed by atoms with Crippen LogP contribution in [0.1, 0.15) is 10.4 Å². The van der Waals surface area contributed by atoms with Crippen molar-refractivity contribution in [3.63, 3.8) is 0 Å². The third-order valence-corrected chi connectivity index (χ3v) is 2.07. The van der Waals surface area contributed by atoms with E-state index in [1.54, 1.807) is 36.4 Å². The molecule has 0 bridgehead atoms. The number of carbonyl (C=O) groups excluding carboxylic acids is 1. The minimum Gasteiger partial charge on any atom is -0.619 e. The quantitative estimate of drug-likeness (QED) is 0.609. The molecular weight excluding hydrogens is 204 g/mol. The van der Waals surface area contributed by atoms with E-state index in [-0.39, 0.29) is 5.91 Å². The first-order valence-corrected chi connectivity index (χ1v) is 4.81. The number of nitrogens with zero attached hydrogens (tertiary/aromatic N) is 1. The van der Waals surface area contributed by atoms with Crippen molar-refractivity contribution in [1.82, 2.24) is 0 Å². The van der Waals surface area contributed by atoms with Gasteiger partial charge in [0.15, 0.2) is 6.20 Å². The summed E-state index contributed by atoms with van der Waals surface area (Å²) in [5.74, 6) is -0.230. The number of benzene rings is 1. The summed E-state index contributed by atoms with van der Waals surface area (Å²) in [6.07, 6.45) is 2.67. The van der Waals surface area contributed by atoms with E-state index >= 15 is 0 Å². The monoisotopic (exact) mass is 214 g/mol. The van der Waals surface area contributed by atoms with Gasteiger partial charge in [0.05, 0.1) is 0 Å². The van der Waals surface area contributed by atoms with Crippen molar-refractivity contribution in [1.29, 1.82) is 0 Å². The first-order chi connectivity index (χ1) is 7.75. The van der Waals surface area contributed by atoms with Gasteiger partial charge in [-0.15, -0.1) is 0 Å². The number of rotatable bonds is 2. The van der Waals surface area contributed by atoms with Gasteiger partial charge in [0, 0.05) is 11.6 Å². The predicted octanol–water partition coefficient (Wildman–Crippen LogP) is 1.57. The highest BCUT2D eigenvalue weighted by atomic mass is 16.5. The summed E-state index contributed by atoms with van der Waals surface area (Å²) in [6.45, 7) is 0. The predicted molar refractivity (Wildman–Crippen MR) is 59.8 cm³/mol. The van der Waals surface area contributed by atoms with E-state index in [4.69, 9.17) is 0 Å². The van der Waals surface area contributed by atoms with Crippen LogP contribution in [0.4, 0.5) is 5.69 Å². The fourth-order valence-electron chi connectivity index (χ4n) is 1.32. The summed E-state index contributed by atoms with van der Waals surface area (Å²) in [7, 11) is 0. The minimum absolute atomic E-state index is 0.230. The molecule has 4 heteroatoms. The van der Waals surface area contributed by atoms with Crippen LogP contribution in [0.25, 0.3) is 0 Å². The number of pyridine rings is 1. The van der Waals surface area contributed by atoms with Gasteiger partial charge in [-0.2, -0.15) is 4.73 Å². The zero-order chi connectivity index (χ0) is 11.4. The van der Waals surface area contributed by atoms with Crippen molar-refractivity contribution >= 4 is 11.6 Å². The summed E-state index contributed by atoms with van der Waals surface area (Å²) in [6, 6.07) is 12.1. The molecule has 0 saturated carbocycles. The van der Waals surface area contributed by atoms with Crippen LogP contribution in [-0.4, -0.2) is 5.91 Å². The molecule has 0 unspecified atom stereocenters. The molecule has 1 aromatic heterocycles. The Kier molecular flexibility index (Phi) is 2.82. The lowest BCUT2D eigenvalue weighted by Gasteiger charge is -2.04. The molecular formula is C12H10N2O2. The van der Waals surface area contributed by atoms with Crippen molar-refractivity contribution in [2.24, 2.45) is 0 Å². The van der Waals surface area contributed by atoms with Crippen molar-refractivity contribution in [3.8, 4) is 0 Å². The summed E-state index contributed by atoms with van der Waals surface area (Å²) in [4.78, 5) is 11.7. The first kappa shape index (κ1) is 10.2. The zero-order valence-electron chi connectivity index (χ0n) is 8.46. The Labute approximate surface area is 92.7 Å². The fraction of sp³-hybridized carbons (Fsp3) is 0. The van der Waals surface area contributed by atoms with Gasteiger partial charge in [0.2, 0.25) is 6.20 Å². The Bertz CT molecular complexity index is 497. The molecule has 1 amide bonds. The fourth-order valence-corrected chi connectivity index (χ4v) is 1.32. The van der Waals surface area contributed by atoms with E-state index in [1.807, 2.05) is 6.07 Å². The molecule has 80 valence electrons. The van der Waals surface area contributed by atoms with E-state index in [0.29, 0.717) is 16.0 Å². The second-order valence-corrected chi connectivity index (χ2v) is 3.27. The Balaban J connectivity index is 2.14. The number of anilines is 1. The first-order valence-electron chi connectivity index (χ1n) is 4.81. The van der Waals surface area contributed by atoms with Crippen LogP contribution in [-0.2, 0) is 0 Å². The largest absolute Gasteiger partial charge is 0.619 e. The van der Waals surface area contributed by atoms with Gasteiger partial charge in [-0.1, -0.05) is 18.2 Å². The third-order valence-electron chi connectivity index (χ3n) is 2.07. The van der Waals surface area contributed by atoms with Gasteiger partial charge < -0.3 is 10.5 Å². The molecule has 0 atom stereocenters. The zero-order valence-corrected chi connectivity index (χ0v) is 8.46. The highest BCUT2D eigenvalue weighted by Crippen LogP contribution is 2.06. The molecule has 4 nitrogen and oxygen atoms in total. The maximum absolute atomic E-state index is 11.7.